The van der Waals surface area contributed by atoms with Crippen molar-refractivity contribution in [1.29, 1.82) is 0 Å². The van der Waals surface area contributed by atoms with Crippen LogP contribution in [0.1, 0.15) is 0 Å². The maximum atomic E-state index is 12.9. The van der Waals surface area contributed by atoms with Crippen LogP contribution in [0.4, 0.5) is 4.39 Å². The van der Waals surface area contributed by atoms with E-state index in [1.165, 1.54) is 24.3 Å². The van der Waals surface area contributed by atoms with E-state index in [0.717, 1.165) is 0 Å². The predicted molar refractivity (Wildman–Crippen MR) is 42.5 cm³/mol. The second-order valence-electron chi connectivity index (χ2n) is 2.22. The van der Waals surface area contributed by atoms with Crippen LogP contribution in [-0.2, 0) is 4.79 Å². The molecular weight excluding hydrogens is 215 g/mol. The van der Waals surface area contributed by atoms with Crippen LogP contribution in [0, 0.1) is 0 Å². The summed E-state index contributed by atoms with van der Waals surface area (Å²) in [6.07, 6.45) is 3.94. The molecule has 60 valence electrons. The lowest BCUT2D eigenvalue weighted by Gasteiger charge is -2.22. The zero-order valence-electron chi connectivity index (χ0n) is 5.50. The summed E-state index contributed by atoms with van der Waals surface area (Å²) in [6.45, 7) is 0. The molecule has 0 fully saturated rings. The Morgan fingerprint density at radius 2 is 2.27 bits per heavy atom. The Balaban J connectivity index is 2.94. The first-order valence-corrected chi connectivity index (χ1v) is 3.79. The summed E-state index contributed by atoms with van der Waals surface area (Å²) >= 11 is 2.81. The van der Waals surface area contributed by atoms with Crippen molar-refractivity contribution in [3.05, 3.63) is 24.3 Å². The Hall–Kier alpha value is -0.640. The van der Waals surface area contributed by atoms with E-state index in [-0.39, 0.29) is 0 Å². The smallest absolute Gasteiger partial charge is 0.327 e. The van der Waals surface area contributed by atoms with Crippen molar-refractivity contribution in [1.82, 2.24) is 0 Å². The summed E-state index contributed by atoms with van der Waals surface area (Å²) in [5, 5.41) is 8.60. The summed E-state index contributed by atoms with van der Waals surface area (Å²) in [5.74, 6) is -1.22. The zero-order chi connectivity index (χ0) is 8.48. The molecule has 0 heterocycles. The molecule has 1 rings (SSSR count). The molecule has 1 aliphatic rings. The van der Waals surface area contributed by atoms with Gasteiger partial charge in [0.05, 0.1) is 0 Å². The number of rotatable bonds is 1. The largest absolute Gasteiger partial charge is 0.480 e. The van der Waals surface area contributed by atoms with Crippen LogP contribution in [0.2, 0.25) is 0 Å². The molecule has 2 nitrogen and oxygen atoms in total. The fourth-order valence-corrected chi connectivity index (χ4v) is 1.08. The van der Waals surface area contributed by atoms with Crippen molar-refractivity contribution in [2.45, 2.75) is 10.5 Å². The standard InChI is InChI=1S/C7H6BrFO2/c8-7(6(10)11)4-2-1-3-5(7)9/h1-5H,(H,10,11)/t5-,7+/m0/s1. The molecule has 0 bridgehead atoms. The molecule has 0 aliphatic heterocycles. The minimum atomic E-state index is -1.57. The number of aliphatic carboxylic acids is 1. The lowest BCUT2D eigenvalue weighted by atomic mass is 9.99. The number of allylic oxidation sites excluding steroid dienone is 3. The van der Waals surface area contributed by atoms with Gasteiger partial charge in [-0.3, -0.25) is 4.79 Å². The Morgan fingerprint density at radius 1 is 1.64 bits per heavy atom. The van der Waals surface area contributed by atoms with Crippen LogP contribution in [0.5, 0.6) is 0 Å². The number of alkyl halides is 2. The lowest BCUT2D eigenvalue weighted by molar-refractivity contribution is -0.139. The second kappa shape index (κ2) is 2.77. The highest BCUT2D eigenvalue weighted by Crippen LogP contribution is 2.30. The van der Waals surface area contributed by atoms with Crippen LogP contribution in [0.15, 0.2) is 24.3 Å². The number of carbonyl (C=O) groups is 1. The zero-order valence-corrected chi connectivity index (χ0v) is 7.08. The monoisotopic (exact) mass is 220 g/mol. The van der Waals surface area contributed by atoms with E-state index in [2.05, 4.69) is 15.9 Å². The molecule has 0 aromatic rings. The van der Waals surface area contributed by atoms with Crippen molar-refractivity contribution in [2.75, 3.05) is 0 Å². The Kier molecular flexibility index (Phi) is 2.13. The van der Waals surface area contributed by atoms with Gasteiger partial charge in [0.15, 0.2) is 4.32 Å². The molecule has 4 heteroatoms. The molecule has 0 saturated heterocycles. The first-order valence-electron chi connectivity index (χ1n) is 3.00. The Labute approximate surface area is 71.5 Å². The van der Waals surface area contributed by atoms with Gasteiger partial charge in [0.2, 0.25) is 0 Å². The third-order valence-electron chi connectivity index (χ3n) is 1.46. The summed E-state index contributed by atoms with van der Waals surface area (Å²) in [4.78, 5) is 10.5. The maximum Gasteiger partial charge on any atom is 0.327 e. The van der Waals surface area contributed by atoms with Gasteiger partial charge >= 0.3 is 5.97 Å². The molecule has 0 aromatic carbocycles. The minimum Gasteiger partial charge on any atom is -0.480 e. The van der Waals surface area contributed by atoms with E-state index in [1.54, 1.807) is 0 Å². The van der Waals surface area contributed by atoms with Gasteiger partial charge in [-0.2, -0.15) is 0 Å². The van der Waals surface area contributed by atoms with Gasteiger partial charge < -0.3 is 5.11 Å². The molecule has 11 heavy (non-hydrogen) atoms. The number of hydrogen-bond acceptors (Lipinski definition) is 1. The normalized spacial score (nSPS) is 35.6. The highest BCUT2D eigenvalue weighted by atomic mass is 79.9. The van der Waals surface area contributed by atoms with E-state index in [0.29, 0.717) is 0 Å². The first-order chi connectivity index (χ1) is 5.07. The van der Waals surface area contributed by atoms with Gasteiger partial charge in [-0.15, -0.1) is 0 Å². The SMILES string of the molecule is O=C(O)[C@@]1(Br)C=CC=C[C@@H]1F. The molecule has 0 amide bonds. The molecule has 1 aliphatic carbocycles. The fourth-order valence-electron chi connectivity index (χ4n) is 0.779. The average molecular weight is 221 g/mol. The van der Waals surface area contributed by atoms with E-state index in [9.17, 15) is 9.18 Å². The lowest BCUT2D eigenvalue weighted by Crippen LogP contribution is -2.39. The third kappa shape index (κ3) is 1.35. The summed E-state index contributed by atoms with van der Waals surface area (Å²) < 4.78 is 11.3. The number of hydrogen-bond donors (Lipinski definition) is 1. The molecule has 0 aromatic heterocycles. The highest BCUT2D eigenvalue weighted by molar-refractivity contribution is 9.10. The van der Waals surface area contributed by atoms with Crippen LogP contribution in [0.25, 0.3) is 0 Å². The van der Waals surface area contributed by atoms with E-state index >= 15 is 0 Å². The first kappa shape index (κ1) is 8.46. The van der Waals surface area contributed by atoms with E-state index < -0.39 is 16.5 Å². The molecule has 1 N–H and O–H groups in total. The molecule has 0 unspecified atom stereocenters. The summed E-state index contributed by atoms with van der Waals surface area (Å²) in [5.41, 5.74) is 0. The second-order valence-corrected chi connectivity index (χ2v) is 3.53. The Morgan fingerprint density at radius 3 is 2.64 bits per heavy atom. The Bertz CT molecular complexity index is 237. The van der Waals surface area contributed by atoms with Crippen LogP contribution in [0.3, 0.4) is 0 Å². The van der Waals surface area contributed by atoms with Gasteiger partial charge in [0.1, 0.15) is 6.17 Å². The highest BCUT2D eigenvalue weighted by Gasteiger charge is 2.41. The van der Waals surface area contributed by atoms with Gasteiger partial charge in [0.25, 0.3) is 0 Å². The maximum absolute atomic E-state index is 12.9. The van der Waals surface area contributed by atoms with Crippen LogP contribution in [-0.4, -0.2) is 21.6 Å². The average Bonchev–Trinajstić information content (AvgIpc) is 1.95. The molecule has 0 radical (unpaired) electrons. The minimum absolute atomic E-state index is 1.20. The fraction of sp³-hybridized carbons (Fsp3) is 0.286. The molecule has 2 atom stereocenters. The van der Waals surface area contributed by atoms with Crippen molar-refractivity contribution < 1.29 is 14.3 Å². The van der Waals surface area contributed by atoms with Gasteiger partial charge in [-0.25, -0.2) is 4.39 Å². The quantitative estimate of drug-likeness (QED) is 0.683. The number of halogens is 2. The van der Waals surface area contributed by atoms with Gasteiger partial charge in [0, 0.05) is 0 Å². The third-order valence-corrected chi connectivity index (χ3v) is 2.50. The van der Waals surface area contributed by atoms with Crippen molar-refractivity contribution in [3.63, 3.8) is 0 Å². The molecule has 0 spiro atoms. The van der Waals surface area contributed by atoms with Crippen LogP contribution >= 0.6 is 15.9 Å². The topological polar surface area (TPSA) is 37.3 Å². The van der Waals surface area contributed by atoms with E-state index in [4.69, 9.17) is 5.11 Å². The van der Waals surface area contributed by atoms with Crippen LogP contribution < -0.4 is 0 Å². The van der Waals surface area contributed by atoms with Gasteiger partial charge in [-0.1, -0.05) is 34.2 Å². The molecule has 0 saturated carbocycles. The van der Waals surface area contributed by atoms with E-state index in [1.807, 2.05) is 0 Å². The summed E-state index contributed by atoms with van der Waals surface area (Å²) in [7, 11) is 0. The van der Waals surface area contributed by atoms with Crippen molar-refractivity contribution in [3.8, 4) is 0 Å². The molecular formula is C7H6BrFO2. The predicted octanol–water partition coefficient (Wildman–Crippen LogP) is 1.67. The van der Waals surface area contributed by atoms with Crippen molar-refractivity contribution >= 4 is 21.9 Å². The number of carboxylic acid groups (broad SMARTS) is 1. The van der Waals surface area contributed by atoms with Crippen molar-refractivity contribution in [2.24, 2.45) is 0 Å². The van der Waals surface area contributed by atoms with Gasteiger partial charge in [-0.05, 0) is 6.08 Å². The number of carboxylic acids is 1. The summed E-state index contributed by atoms with van der Waals surface area (Å²) in [6, 6.07) is 0.